The minimum Gasteiger partial charge on any atom is -0.467 e. The second-order valence-corrected chi connectivity index (χ2v) is 7.91. The number of amides is 3. The number of hydrogen-bond acceptors (Lipinski definition) is 4. The molecular weight excluding hydrogens is 425 g/mol. The molecule has 1 aromatic heterocycles. The van der Waals surface area contributed by atoms with Crippen LogP contribution in [0, 0.1) is 11.7 Å². The first-order valence-electron chi connectivity index (χ1n) is 10.6. The standard InChI is InChI=1S/C25H24FN3O4/c1-27-24(31)18-10-8-17(9-11-18)14-28(16-20-5-4-12-33-20)25(32)19-13-23(30)29(15-19)22-7-3-2-6-21(22)26/h2-12,19H,13-16H2,1H3,(H,27,31)/t19-/m0/s1. The third kappa shape index (κ3) is 4.95. The molecule has 1 N–H and O–H groups in total. The summed E-state index contributed by atoms with van der Waals surface area (Å²) in [6.45, 7) is 0.619. The largest absolute Gasteiger partial charge is 0.467 e. The fraction of sp³-hybridized carbons (Fsp3) is 0.240. The molecule has 0 spiro atoms. The summed E-state index contributed by atoms with van der Waals surface area (Å²) < 4.78 is 19.7. The van der Waals surface area contributed by atoms with Crippen molar-refractivity contribution < 1.29 is 23.2 Å². The van der Waals surface area contributed by atoms with Gasteiger partial charge in [-0.3, -0.25) is 14.4 Å². The Kier molecular flexibility index (Phi) is 6.53. The number of benzene rings is 2. The van der Waals surface area contributed by atoms with Crippen molar-refractivity contribution in [2.75, 3.05) is 18.5 Å². The summed E-state index contributed by atoms with van der Waals surface area (Å²) in [5, 5.41) is 2.57. The second kappa shape index (κ2) is 9.68. The van der Waals surface area contributed by atoms with Crippen LogP contribution in [0.2, 0.25) is 0 Å². The van der Waals surface area contributed by atoms with Crippen LogP contribution in [0.3, 0.4) is 0 Å². The van der Waals surface area contributed by atoms with E-state index in [4.69, 9.17) is 4.42 Å². The molecule has 0 bridgehead atoms. The molecule has 1 atom stereocenters. The van der Waals surface area contributed by atoms with Crippen LogP contribution >= 0.6 is 0 Å². The lowest BCUT2D eigenvalue weighted by Crippen LogP contribution is -2.36. The van der Waals surface area contributed by atoms with Crippen LogP contribution in [-0.4, -0.2) is 36.2 Å². The van der Waals surface area contributed by atoms with Gasteiger partial charge in [-0.1, -0.05) is 24.3 Å². The number of furan rings is 1. The lowest BCUT2D eigenvalue weighted by molar-refractivity contribution is -0.137. The Hall–Kier alpha value is -3.94. The number of para-hydroxylation sites is 1. The molecule has 0 aliphatic carbocycles. The minimum atomic E-state index is -0.600. The van der Waals surface area contributed by atoms with Crippen LogP contribution in [0.5, 0.6) is 0 Å². The molecular formula is C25H24FN3O4. The molecule has 1 saturated heterocycles. The molecule has 2 heterocycles. The highest BCUT2D eigenvalue weighted by atomic mass is 19.1. The van der Waals surface area contributed by atoms with Crippen molar-refractivity contribution in [3.05, 3.63) is 89.6 Å². The SMILES string of the molecule is CNC(=O)c1ccc(CN(Cc2ccco2)C(=O)[C@H]2CC(=O)N(c3ccccc3F)C2)cc1. The quantitative estimate of drug-likeness (QED) is 0.600. The summed E-state index contributed by atoms with van der Waals surface area (Å²) in [5.41, 5.74) is 1.53. The molecule has 1 aliphatic heterocycles. The van der Waals surface area contributed by atoms with Gasteiger partial charge in [0.05, 0.1) is 24.4 Å². The van der Waals surface area contributed by atoms with Gasteiger partial charge < -0.3 is 19.5 Å². The topological polar surface area (TPSA) is 82.9 Å². The average Bonchev–Trinajstić information content (AvgIpc) is 3.48. The molecule has 8 heteroatoms. The first kappa shape index (κ1) is 22.3. The Morgan fingerprint density at radius 3 is 2.52 bits per heavy atom. The van der Waals surface area contributed by atoms with Crippen LogP contribution in [0.1, 0.15) is 28.1 Å². The fourth-order valence-electron chi connectivity index (χ4n) is 3.96. The van der Waals surface area contributed by atoms with Crippen molar-refractivity contribution in [2.24, 2.45) is 5.92 Å². The maximum atomic E-state index is 14.2. The van der Waals surface area contributed by atoms with E-state index in [0.29, 0.717) is 11.3 Å². The molecule has 4 rings (SSSR count). The van der Waals surface area contributed by atoms with E-state index < -0.39 is 11.7 Å². The van der Waals surface area contributed by atoms with E-state index in [1.807, 2.05) is 0 Å². The average molecular weight is 449 g/mol. The third-order valence-electron chi connectivity index (χ3n) is 5.67. The van der Waals surface area contributed by atoms with E-state index in [9.17, 15) is 18.8 Å². The summed E-state index contributed by atoms with van der Waals surface area (Å²) in [7, 11) is 1.56. The molecule has 1 aliphatic rings. The number of halogens is 1. The number of hydrogen-bond donors (Lipinski definition) is 1. The maximum Gasteiger partial charge on any atom is 0.251 e. The van der Waals surface area contributed by atoms with Crippen molar-refractivity contribution in [1.29, 1.82) is 0 Å². The van der Waals surface area contributed by atoms with E-state index in [0.717, 1.165) is 5.56 Å². The van der Waals surface area contributed by atoms with Gasteiger partial charge in [-0.05, 0) is 42.0 Å². The summed E-state index contributed by atoms with van der Waals surface area (Å²) in [6.07, 6.45) is 1.55. The monoisotopic (exact) mass is 449 g/mol. The summed E-state index contributed by atoms with van der Waals surface area (Å²) in [4.78, 5) is 40.8. The van der Waals surface area contributed by atoms with Crippen LogP contribution in [0.25, 0.3) is 0 Å². The Morgan fingerprint density at radius 2 is 1.85 bits per heavy atom. The van der Waals surface area contributed by atoms with Gasteiger partial charge in [0.2, 0.25) is 11.8 Å². The zero-order valence-corrected chi connectivity index (χ0v) is 18.2. The van der Waals surface area contributed by atoms with Crippen molar-refractivity contribution >= 4 is 23.4 Å². The van der Waals surface area contributed by atoms with Gasteiger partial charge in [0, 0.05) is 32.1 Å². The fourth-order valence-corrected chi connectivity index (χ4v) is 3.96. The van der Waals surface area contributed by atoms with Crippen molar-refractivity contribution in [3.8, 4) is 0 Å². The van der Waals surface area contributed by atoms with Crippen molar-refractivity contribution in [1.82, 2.24) is 10.2 Å². The van der Waals surface area contributed by atoms with Gasteiger partial charge in [-0.2, -0.15) is 0 Å². The Morgan fingerprint density at radius 1 is 1.09 bits per heavy atom. The van der Waals surface area contributed by atoms with Crippen LogP contribution < -0.4 is 10.2 Å². The smallest absolute Gasteiger partial charge is 0.251 e. The first-order chi connectivity index (χ1) is 16.0. The van der Waals surface area contributed by atoms with E-state index in [1.165, 1.54) is 23.3 Å². The second-order valence-electron chi connectivity index (χ2n) is 7.91. The number of carbonyl (C=O) groups excluding carboxylic acids is 3. The van der Waals surface area contributed by atoms with E-state index in [1.54, 1.807) is 60.5 Å². The maximum absolute atomic E-state index is 14.2. The van der Waals surface area contributed by atoms with Crippen LogP contribution in [-0.2, 0) is 22.7 Å². The van der Waals surface area contributed by atoms with Gasteiger partial charge in [-0.15, -0.1) is 0 Å². The van der Waals surface area contributed by atoms with Crippen LogP contribution in [0.15, 0.2) is 71.3 Å². The molecule has 170 valence electrons. The predicted molar refractivity (Wildman–Crippen MR) is 120 cm³/mol. The summed E-state index contributed by atoms with van der Waals surface area (Å²) >= 11 is 0. The van der Waals surface area contributed by atoms with Gasteiger partial charge in [-0.25, -0.2) is 4.39 Å². The first-order valence-corrected chi connectivity index (χ1v) is 10.6. The molecule has 33 heavy (non-hydrogen) atoms. The molecule has 2 aromatic carbocycles. The third-order valence-corrected chi connectivity index (χ3v) is 5.67. The zero-order chi connectivity index (χ0) is 23.4. The molecule has 0 radical (unpaired) electrons. The number of carbonyl (C=O) groups is 3. The molecule has 3 amide bonds. The Bertz CT molecular complexity index is 1140. The van der Waals surface area contributed by atoms with E-state index >= 15 is 0 Å². The molecule has 0 saturated carbocycles. The molecule has 7 nitrogen and oxygen atoms in total. The minimum absolute atomic E-state index is 0.0113. The number of rotatable bonds is 7. The summed E-state index contributed by atoms with van der Waals surface area (Å²) in [6, 6.07) is 16.5. The molecule has 3 aromatic rings. The van der Waals surface area contributed by atoms with Gasteiger partial charge >= 0.3 is 0 Å². The number of nitrogens with one attached hydrogen (secondary N) is 1. The number of anilines is 1. The van der Waals surface area contributed by atoms with Gasteiger partial charge in [0.15, 0.2) is 0 Å². The van der Waals surface area contributed by atoms with Gasteiger partial charge in [0.25, 0.3) is 5.91 Å². The van der Waals surface area contributed by atoms with Crippen LogP contribution in [0.4, 0.5) is 10.1 Å². The molecule has 1 fully saturated rings. The van der Waals surface area contributed by atoms with E-state index in [-0.39, 0.29) is 49.5 Å². The Labute approximate surface area is 190 Å². The highest BCUT2D eigenvalue weighted by molar-refractivity contribution is 6.00. The zero-order valence-electron chi connectivity index (χ0n) is 18.2. The molecule has 0 unspecified atom stereocenters. The van der Waals surface area contributed by atoms with Gasteiger partial charge in [0.1, 0.15) is 11.6 Å². The predicted octanol–water partition coefficient (Wildman–Crippen LogP) is 3.36. The van der Waals surface area contributed by atoms with E-state index in [2.05, 4.69) is 5.32 Å². The van der Waals surface area contributed by atoms with Crippen molar-refractivity contribution in [2.45, 2.75) is 19.5 Å². The Balaban J connectivity index is 1.53. The highest BCUT2D eigenvalue weighted by Crippen LogP contribution is 2.29. The normalized spacial score (nSPS) is 15.5. The lowest BCUT2D eigenvalue weighted by atomic mass is 10.1. The summed E-state index contributed by atoms with van der Waals surface area (Å²) in [5.74, 6) is -1.18. The van der Waals surface area contributed by atoms with Crippen molar-refractivity contribution in [3.63, 3.8) is 0 Å². The highest BCUT2D eigenvalue weighted by Gasteiger charge is 2.38. The lowest BCUT2D eigenvalue weighted by Gasteiger charge is -2.25. The number of nitrogens with zero attached hydrogens (tertiary/aromatic N) is 2.